The van der Waals surface area contributed by atoms with Crippen LogP contribution in [0.15, 0.2) is 28.9 Å². The first-order valence-corrected chi connectivity index (χ1v) is 7.72. The molecule has 3 rings (SSSR count). The van der Waals surface area contributed by atoms with Crippen LogP contribution in [0.5, 0.6) is 5.75 Å². The van der Waals surface area contributed by atoms with Gasteiger partial charge in [-0.15, -0.1) is 0 Å². The molecule has 0 bridgehead atoms. The maximum Gasteiger partial charge on any atom is 0.310 e. The predicted molar refractivity (Wildman–Crippen MR) is 84.8 cm³/mol. The van der Waals surface area contributed by atoms with Gasteiger partial charge in [0.15, 0.2) is 6.61 Å². The van der Waals surface area contributed by atoms with E-state index in [2.05, 4.69) is 0 Å². The molecule has 1 aliphatic rings. The van der Waals surface area contributed by atoms with Crippen molar-refractivity contribution in [1.29, 1.82) is 0 Å². The van der Waals surface area contributed by atoms with E-state index in [-0.39, 0.29) is 18.9 Å². The van der Waals surface area contributed by atoms with Crippen molar-refractivity contribution in [2.45, 2.75) is 6.42 Å². The Hall–Kier alpha value is -2.54. The van der Waals surface area contributed by atoms with Gasteiger partial charge in [-0.1, -0.05) is 0 Å². The number of amides is 1. The van der Waals surface area contributed by atoms with Gasteiger partial charge >= 0.3 is 5.97 Å². The molecule has 0 saturated carbocycles. The maximum absolute atomic E-state index is 12.0. The summed E-state index contributed by atoms with van der Waals surface area (Å²) in [5.74, 6) is 0.0191. The Kier molecular flexibility index (Phi) is 5.00. The molecule has 2 heterocycles. The maximum atomic E-state index is 12.0. The van der Waals surface area contributed by atoms with Crippen LogP contribution in [0.1, 0.15) is 5.56 Å². The van der Waals surface area contributed by atoms with Gasteiger partial charge in [-0.3, -0.25) is 9.59 Å². The Morgan fingerprint density at radius 2 is 2.04 bits per heavy atom. The molecule has 7 heteroatoms. The highest BCUT2D eigenvalue weighted by Gasteiger charge is 2.19. The van der Waals surface area contributed by atoms with Gasteiger partial charge < -0.3 is 23.5 Å². The van der Waals surface area contributed by atoms with E-state index in [1.165, 1.54) is 6.26 Å². The lowest BCUT2D eigenvalue weighted by molar-refractivity contribution is -0.153. The Morgan fingerprint density at radius 3 is 2.79 bits per heavy atom. The van der Waals surface area contributed by atoms with Crippen LogP contribution in [-0.2, 0) is 25.5 Å². The minimum atomic E-state index is -0.463. The largest absolute Gasteiger partial charge is 0.497 e. The predicted octanol–water partition coefficient (Wildman–Crippen LogP) is 1.39. The smallest absolute Gasteiger partial charge is 0.310 e. The molecule has 1 aliphatic heterocycles. The number of hydrogen-bond acceptors (Lipinski definition) is 6. The Bertz CT molecular complexity index is 732. The molecule has 7 nitrogen and oxygen atoms in total. The van der Waals surface area contributed by atoms with Crippen molar-refractivity contribution in [1.82, 2.24) is 4.90 Å². The van der Waals surface area contributed by atoms with Crippen LogP contribution in [0, 0.1) is 0 Å². The zero-order chi connectivity index (χ0) is 16.9. The molecule has 1 saturated heterocycles. The van der Waals surface area contributed by atoms with Crippen LogP contribution in [0.2, 0.25) is 0 Å². The average molecular weight is 333 g/mol. The normalized spacial score (nSPS) is 14.6. The molecule has 0 spiro atoms. The molecule has 0 atom stereocenters. The van der Waals surface area contributed by atoms with Gasteiger partial charge in [0.05, 0.1) is 33.0 Å². The summed E-state index contributed by atoms with van der Waals surface area (Å²) >= 11 is 0. The van der Waals surface area contributed by atoms with Gasteiger partial charge in [-0.25, -0.2) is 0 Å². The van der Waals surface area contributed by atoms with Crippen molar-refractivity contribution < 1.29 is 28.2 Å². The highest BCUT2D eigenvalue weighted by molar-refractivity contribution is 5.87. The van der Waals surface area contributed by atoms with Gasteiger partial charge in [0.1, 0.15) is 11.3 Å². The van der Waals surface area contributed by atoms with Crippen LogP contribution in [0.25, 0.3) is 11.0 Å². The zero-order valence-corrected chi connectivity index (χ0v) is 13.4. The van der Waals surface area contributed by atoms with Crippen LogP contribution in [-0.4, -0.2) is 56.8 Å². The fraction of sp³-hybridized carbons (Fsp3) is 0.412. The monoisotopic (exact) mass is 333 g/mol. The molecule has 128 valence electrons. The Balaban J connectivity index is 1.56. The van der Waals surface area contributed by atoms with Crippen LogP contribution < -0.4 is 4.74 Å². The number of nitrogens with zero attached hydrogens (tertiary/aromatic N) is 1. The third-order valence-corrected chi connectivity index (χ3v) is 3.92. The molecular formula is C17H19NO6. The van der Waals surface area contributed by atoms with Crippen molar-refractivity contribution in [3.63, 3.8) is 0 Å². The second-order valence-electron chi connectivity index (χ2n) is 5.45. The lowest BCUT2D eigenvalue weighted by Crippen LogP contribution is -2.42. The van der Waals surface area contributed by atoms with Crippen molar-refractivity contribution in [2.24, 2.45) is 0 Å². The topological polar surface area (TPSA) is 78.2 Å². The number of esters is 1. The molecule has 0 N–H and O–H groups in total. The van der Waals surface area contributed by atoms with E-state index in [1.807, 2.05) is 6.07 Å². The first-order valence-electron chi connectivity index (χ1n) is 7.72. The third kappa shape index (κ3) is 3.68. The number of morpholine rings is 1. The number of methoxy groups -OCH3 is 1. The number of carbonyl (C=O) groups is 2. The zero-order valence-electron chi connectivity index (χ0n) is 13.4. The van der Waals surface area contributed by atoms with Crippen LogP contribution >= 0.6 is 0 Å². The number of fused-ring (bicyclic) bond motifs is 1. The standard InChI is InChI=1S/C17H19NO6/c1-21-13-2-3-14-12(10-23-15(14)9-13)8-17(20)24-11-16(19)18-4-6-22-7-5-18/h2-3,9-10H,4-8,11H2,1H3. The van der Waals surface area contributed by atoms with Crippen molar-refractivity contribution in [2.75, 3.05) is 40.0 Å². The number of hydrogen-bond donors (Lipinski definition) is 0. The summed E-state index contributed by atoms with van der Waals surface area (Å²) in [6.45, 7) is 1.85. The first-order chi connectivity index (χ1) is 11.7. The second-order valence-corrected chi connectivity index (χ2v) is 5.45. The molecule has 1 aromatic heterocycles. The molecule has 0 aliphatic carbocycles. The number of furan rings is 1. The summed E-state index contributed by atoms with van der Waals surface area (Å²) in [5.41, 5.74) is 1.36. The highest BCUT2D eigenvalue weighted by Crippen LogP contribution is 2.26. The Labute approximate surface area is 139 Å². The van der Waals surface area contributed by atoms with Crippen molar-refractivity contribution in [3.05, 3.63) is 30.0 Å². The molecule has 1 fully saturated rings. The molecular weight excluding hydrogens is 314 g/mol. The molecule has 24 heavy (non-hydrogen) atoms. The van der Waals surface area contributed by atoms with Gasteiger partial charge in [0.2, 0.25) is 0 Å². The summed E-state index contributed by atoms with van der Waals surface area (Å²) in [6, 6.07) is 5.39. The summed E-state index contributed by atoms with van der Waals surface area (Å²) in [7, 11) is 1.58. The van der Waals surface area contributed by atoms with Crippen LogP contribution in [0.3, 0.4) is 0 Å². The van der Waals surface area contributed by atoms with E-state index in [1.54, 1.807) is 24.1 Å². The van der Waals surface area contributed by atoms with E-state index in [9.17, 15) is 9.59 Å². The van der Waals surface area contributed by atoms with Gasteiger partial charge in [0, 0.05) is 30.1 Å². The molecule has 1 aromatic carbocycles. The van der Waals surface area contributed by atoms with E-state index in [0.717, 1.165) is 10.9 Å². The first kappa shape index (κ1) is 16.3. The summed E-state index contributed by atoms with van der Waals surface area (Å²) in [5, 5.41) is 0.826. The average Bonchev–Trinajstić information content (AvgIpc) is 3.02. The fourth-order valence-electron chi connectivity index (χ4n) is 2.58. The Morgan fingerprint density at radius 1 is 1.25 bits per heavy atom. The van der Waals surface area contributed by atoms with Crippen LogP contribution in [0.4, 0.5) is 0 Å². The molecule has 0 unspecified atom stereocenters. The van der Waals surface area contributed by atoms with Gasteiger partial charge in [-0.05, 0) is 12.1 Å². The second kappa shape index (κ2) is 7.35. The van der Waals surface area contributed by atoms with Gasteiger partial charge in [-0.2, -0.15) is 0 Å². The molecule has 0 radical (unpaired) electrons. The number of ether oxygens (including phenoxy) is 3. The van der Waals surface area contributed by atoms with E-state index in [0.29, 0.717) is 37.6 Å². The number of carbonyl (C=O) groups excluding carboxylic acids is 2. The number of benzene rings is 1. The fourth-order valence-corrected chi connectivity index (χ4v) is 2.58. The third-order valence-electron chi connectivity index (χ3n) is 3.92. The number of rotatable bonds is 5. The molecule has 1 amide bonds. The van der Waals surface area contributed by atoms with Crippen molar-refractivity contribution in [3.8, 4) is 5.75 Å². The van der Waals surface area contributed by atoms with Gasteiger partial charge in [0.25, 0.3) is 5.91 Å². The SMILES string of the molecule is COc1ccc2c(CC(=O)OCC(=O)N3CCOCC3)coc2c1. The van der Waals surface area contributed by atoms with E-state index < -0.39 is 5.97 Å². The minimum Gasteiger partial charge on any atom is -0.497 e. The lowest BCUT2D eigenvalue weighted by Gasteiger charge is -2.26. The highest BCUT2D eigenvalue weighted by atomic mass is 16.5. The van der Waals surface area contributed by atoms with E-state index >= 15 is 0 Å². The van der Waals surface area contributed by atoms with E-state index in [4.69, 9.17) is 18.6 Å². The summed E-state index contributed by atoms with van der Waals surface area (Å²) in [6.07, 6.45) is 1.57. The molecule has 2 aromatic rings. The summed E-state index contributed by atoms with van der Waals surface area (Å²) in [4.78, 5) is 25.6. The quantitative estimate of drug-likeness (QED) is 0.770. The lowest BCUT2D eigenvalue weighted by atomic mass is 10.1. The minimum absolute atomic E-state index is 0.0513. The summed E-state index contributed by atoms with van der Waals surface area (Å²) < 4.78 is 20.8. The van der Waals surface area contributed by atoms with Crippen molar-refractivity contribution >= 4 is 22.8 Å².